The Labute approximate surface area is 174 Å². The maximum absolute atomic E-state index is 13.0. The van der Waals surface area contributed by atoms with Crippen molar-refractivity contribution in [2.24, 2.45) is 7.05 Å². The molecule has 3 rings (SSSR count). The largest absolute Gasteiger partial charge is 0.351 e. The van der Waals surface area contributed by atoms with E-state index in [1.165, 1.54) is 38.7 Å². The third-order valence-corrected chi connectivity index (χ3v) is 9.78. The van der Waals surface area contributed by atoms with E-state index >= 15 is 0 Å². The van der Waals surface area contributed by atoms with Crippen LogP contribution in [0.4, 0.5) is 0 Å². The number of thiophene rings is 1. The molecule has 2 aromatic rings. The van der Waals surface area contributed by atoms with E-state index < -0.39 is 20.0 Å². The number of amides is 1. The summed E-state index contributed by atoms with van der Waals surface area (Å²) in [4.78, 5) is 11.9. The van der Waals surface area contributed by atoms with Crippen LogP contribution >= 0.6 is 11.3 Å². The minimum absolute atomic E-state index is 0.0700. The normalized spacial score (nSPS) is 17.2. The number of aromatic nitrogens is 2. The lowest BCUT2D eigenvalue weighted by atomic mass is 10.4. The molecule has 0 spiro atoms. The van der Waals surface area contributed by atoms with Gasteiger partial charge in [-0.25, -0.2) is 16.8 Å². The van der Waals surface area contributed by atoms with Gasteiger partial charge in [0.1, 0.15) is 9.10 Å². The first-order valence-corrected chi connectivity index (χ1v) is 12.6. The van der Waals surface area contributed by atoms with Crippen LogP contribution in [0.3, 0.4) is 0 Å². The fourth-order valence-electron chi connectivity index (χ4n) is 2.96. The lowest BCUT2D eigenvalue weighted by Crippen LogP contribution is -2.37. The van der Waals surface area contributed by atoms with E-state index in [4.69, 9.17) is 0 Å². The van der Waals surface area contributed by atoms with Gasteiger partial charge in [-0.05, 0) is 18.6 Å². The van der Waals surface area contributed by atoms with E-state index in [0.717, 1.165) is 16.2 Å². The number of nitrogens with zero attached hydrogens (tertiary/aromatic N) is 4. The van der Waals surface area contributed by atoms with Crippen LogP contribution in [-0.2, 0) is 38.4 Å². The van der Waals surface area contributed by atoms with Gasteiger partial charge in [0.05, 0.1) is 12.7 Å². The van der Waals surface area contributed by atoms with E-state index in [-0.39, 0.29) is 47.7 Å². The summed E-state index contributed by atoms with van der Waals surface area (Å²) in [5.41, 5.74) is 0. The minimum Gasteiger partial charge on any atom is -0.351 e. The Kier molecular flexibility index (Phi) is 6.43. The summed E-state index contributed by atoms with van der Waals surface area (Å²) >= 11 is 1.10. The second-order valence-corrected chi connectivity index (χ2v) is 11.9. The molecular weight excluding hydrogens is 438 g/mol. The Bertz CT molecular complexity index is 1090. The molecule has 0 radical (unpaired) electrons. The highest BCUT2D eigenvalue weighted by Gasteiger charge is 2.32. The van der Waals surface area contributed by atoms with Crippen molar-refractivity contribution in [2.45, 2.75) is 29.0 Å². The number of hydrogen-bond acceptors (Lipinski definition) is 7. The molecule has 160 valence electrons. The molecule has 13 heteroatoms. The Balaban J connectivity index is 1.72. The quantitative estimate of drug-likeness (QED) is 0.656. The van der Waals surface area contributed by atoms with Crippen molar-refractivity contribution < 1.29 is 21.6 Å². The molecular formula is C16H23N5O5S3. The maximum atomic E-state index is 13.0. The van der Waals surface area contributed by atoms with Gasteiger partial charge in [-0.1, -0.05) is 0 Å². The molecule has 29 heavy (non-hydrogen) atoms. The SMILES string of the molecule is CC(=O)NCc1ccc(S(=O)(=O)N2CCCN(S(=O)(=O)c3cnn(C)c3)CC2)s1. The van der Waals surface area contributed by atoms with E-state index in [9.17, 15) is 21.6 Å². The predicted molar refractivity (Wildman–Crippen MR) is 107 cm³/mol. The van der Waals surface area contributed by atoms with Crippen molar-refractivity contribution in [1.82, 2.24) is 23.7 Å². The highest BCUT2D eigenvalue weighted by molar-refractivity contribution is 7.91. The topological polar surface area (TPSA) is 122 Å². The fraction of sp³-hybridized carbons (Fsp3) is 0.500. The maximum Gasteiger partial charge on any atom is 0.252 e. The number of sulfonamides is 2. The summed E-state index contributed by atoms with van der Waals surface area (Å²) in [5, 5.41) is 6.54. The zero-order chi connectivity index (χ0) is 21.2. The zero-order valence-corrected chi connectivity index (χ0v) is 18.6. The highest BCUT2D eigenvalue weighted by atomic mass is 32.2. The molecule has 2 aromatic heterocycles. The van der Waals surface area contributed by atoms with Gasteiger partial charge in [-0.15, -0.1) is 11.3 Å². The van der Waals surface area contributed by atoms with Crippen LogP contribution in [-0.4, -0.2) is 67.3 Å². The van der Waals surface area contributed by atoms with E-state index in [2.05, 4.69) is 10.4 Å². The van der Waals surface area contributed by atoms with Crippen LogP contribution in [0, 0.1) is 0 Å². The first-order valence-electron chi connectivity index (χ1n) is 8.93. The summed E-state index contributed by atoms with van der Waals surface area (Å²) in [6.45, 7) is 2.28. The first kappa shape index (κ1) is 21.9. The number of hydrogen-bond donors (Lipinski definition) is 1. The molecule has 0 aromatic carbocycles. The molecule has 3 heterocycles. The minimum atomic E-state index is -3.73. The van der Waals surface area contributed by atoms with Gasteiger partial charge in [-0.2, -0.15) is 13.7 Å². The molecule has 0 unspecified atom stereocenters. The molecule has 0 bridgehead atoms. The van der Waals surface area contributed by atoms with Gasteiger partial charge < -0.3 is 5.32 Å². The van der Waals surface area contributed by atoms with Crippen molar-refractivity contribution in [3.63, 3.8) is 0 Å². The van der Waals surface area contributed by atoms with Crippen LogP contribution in [0.25, 0.3) is 0 Å². The van der Waals surface area contributed by atoms with Gasteiger partial charge in [0, 0.05) is 51.2 Å². The predicted octanol–water partition coefficient (Wildman–Crippen LogP) is 0.203. The Morgan fingerprint density at radius 1 is 1.10 bits per heavy atom. The van der Waals surface area contributed by atoms with Gasteiger partial charge in [-0.3, -0.25) is 9.48 Å². The molecule has 1 fully saturated rings. The number of aryl methyl sites for hydroxylation is 1. The zero-order valence-electron chi connectivity index (χ0n) is 16.1. The molecule has 0 aliphatic carbocycles. The number of carbonyl (C=O) groups excluding carboxylic acids is 1. The van der Waals surface area contributed by atoms with Gasteiger partial charge in [0.2, 0.25) is 15.9 Å². The molecule has 0 atom stereocenters. The lowest BCUT2D eigenvalue weighted by Gasteiger charge is -2.20. The summed E-state index contributed by atoms with van der Waals surface area (Å²) in [7, 11) is -5.81. The highest BCUT2D eigenvalue weighted by Crippen LogP contribution is 2.26. The van der Waals surface area contributed by atoms with Gasteiger partial charge in [0.25, 0.3) is 10.0 Å². The van der Waals surface area contributed by atoms with Crippen LogP contribution < -0.4 is 5.32 Å². The van der Waals surface area contributed by atoms with Crippen LogP contribution in [0.1, 0.15) is 18.2 Å². The van der Waals surface area contributed by atoms with E-state index in [1.54, 1.807) is 13.1 Å². The van der Waals surface area contributed by atoms with Crippen molar-refractivity contribution in [2.75, 3.05) is 26.2 Å². The number of rotatable bonds is 6. The van der Waals surface area contributed by atoms with E-state index in [0.29, 0.717) is 6.42 Å². The summed E-state index contributed by atoms with van der Waals surface area (Å²) in [6, 6.07) is 3.19. The second kappa shape index (κ2) is 8.52. The average molecular weight is 462 g/mol. The third-order valence-electron chi connectivity index (χ3n) is 4.48. The summed E-state index contributed by atoms with van der Waals surface area (Å²) in [6.07, 6.45) is 3.11. The first-order chi connectivity index (χ1) is 13.6. The lowest BCUT2D eigenvalue weighted by molar-refractivity contribution is -0.119. The standard InChI is InChI=1S/C16H23N5O5S3/c1-13(22)17-10-14-4-5-16(27-14)29(25,26)21-7-3-6-20(8-9-21)28(23,24)15-11-18-19(2)12-15/h4-5,11-12H,3,6-10H2,1-2H3,(H,17,22). The molecule has 1 amide bonds. The Hall–Kier alpha value is -1.80. The van der Waals surface area contributed by atoms with Crippen molar-refractivity contribution in [1.29, 1.82) is 0 Å². The molecule has 0 saturated carbocycles. The smallest absolute Gasteiger partial charge is 0.252 e. The number of nitrogens with one attached hydrogen (secondary N) is 1. The summed E-state index contributed by atoms with van der Waals surface area (Å²) < 4.78 is 55.8. The molecule has 1 aliphatic heterocycles. The monoisotopic (exact) mass is 461 g/mol. The summed E-state index contributed by atoms with van der Waals surface area (Å²) in [5.74, 6) is -0.190. The second-order valence-electron chi connectivity index (χ2n) is 6.64. The number of carbonyl (C=O) groups is 1. The third kappa shape index (κ3) is 4.86. The van der Waals surface area contributed by atoms with Crippen molar-refractivity contribution in [3.8, 4) is 0 Å². The Morgan fingerprint density at radius 3 is 2.34 bits per heavy atom. The van der Waals surface area contributed by atoms with Crippen molar-refractivity contribution in [3.05, 3.63) is 29.4 Å². The van der Waals surface area contributed by atoms with E-state index in [1.807, 2.05) is 0 Å². The van der Waals surface area contributed by atoms with Crippen LogP contribution in [0.2, 0.25) is 0 Å². The molecule has 10 nitrogen and oxygen atoms in total. The average Bonchev–Trinajstić information content (AvgIpc) is 3.23. The molecule has 1 N–H and O–H groups in total. The van der Waals surface area contributed by atoms with Gasteiger partial charge in [0.15, 0.2) is 0 Å². The van der Waals surface area contributed by atoms with Crippen molar-refractivity contribution >= 4 is 37.3 Å². The van der Waals surface area contributed by atoms with Gasteiger partial charge >= 0.3 is 0 Å². The van der Waals surface area contributed by atoms with Crippen LogP contribution in [0.15, 0.2) is 33.6 Å². The Morgan fingerprint density at radius 2 is 1.76 bits per heavy atom. The fourth-order valence-corrected chi connectivity index (χ4v) is 7.34. The molecule has 1 saturated heterocycles. The molecule has 1 aliphatic rings. The van der Waals surface area contributed by atoms with Crippen LogP contribution in [0.5, 0.6) is 0 Å².